The third-order valence-electron chi connectivity index (χ3n) is 2.42. The smallest absolute Gasteiger partial charge is 0.206 e. The molecule has 3 nitrogen and oxygen atoms in total. The number of nitrogens with zero attached hydrogens (tertiary/aromatic N) is 1. The maximum Gasteiger partial charge on any atom is 0.252 e. The molecule has 1 aromatic heterocycles. The molecule has 0 aliphatic carbocycles. The fourth-order valence-corrected chi connectivity index (χ4v) is 5.64. The van der Waals surface area contributed by atoms with Crippen LogP contribution >= 0.6 is 27.3 Å². The SMILES string of the molecule is CCCN(C(C)C)S(=O)(=O)c1cc(C)c(Br)s1. The maximum absolute atomic E-state index is 12.4. The van der Waals surface area contributed by atoms with E-state index in [1.807, 2.05) is 27.7 Å². The fraction of sp³-hybridized carbons (Fsp3) is 0.636. The van der Waals surface area contributed by atoms with E-state index in [1.165, 1.54) is 11.3 Å². The van der Waals surface area contributed by atoms with Crippen LogP contribution < -0.4 is 0 Å². The van der Waals surface area contributed by atoms with Crippen molar-refractivity contribution in [3.63, 3.8) is 0 Å². The van der Waals surface area contributed by atoms with Crippen molar-refractivity contribution in [2.75, 3.05) is 6.54 Å². The van der Waals surface area contributed by atoms with E-state index in [4.69, 9.17) is 0 Å². The van der Waals surface area contributed by atoms with Crippen molar-refractivity contribution in [1.82, 2.24) is 4.31 Å². The first-order valence-corrected chi connectivity index (χ1v) is 8.63. The second-order valence-corrected chi connectivity index (χ2v) is 8.72. The quantitative estimate of drug-likeness (QED) is 0.821. The van der Waals surface area contributed by atoms with Gasteiger partial charge in [0, 0.05) is 12.6 Å². The van der Waals surface area contributed by atoms with Gasteiger partial charge >= 0.3 is 0 Å². The van der Waals surface area contributed by atoms with Crippen molar-refractivity contribution < 1.29 is 8.42 Å². The minimum absolute atomic E-state index is 0.0128. The zero-order valence-electron chi connectivity index (χ0n) is 10.5. The predicted molar refractivity (Wildman–Crippen MR) is 76.1 cm³/mol. The topological polar surface area (TPSA) is 37.4 Å². The molecule has 0 aliphatic heterocycles. The predicted octanol–water partition coefficient (Wildman–Crippen LogP) is 3.63. The van der Waals surface area contributed by atoms with E-state index >= 15 is 0 Å². The van der Waals surface area contributed by atoms with E-state index < -0.39 is 10.0 Å². The summed E-state index contributed by atoms with van der Waals surface area (Å²) in [7, 11) is -3.34. The largest absolute Gasteiger partial charge is 0.252 e. The highest BCUT2D eigenvalue weighted by atomic mass is 79.9. The number of rotatable bonds is 5. The van der Waals surface area contributed by atoms with Crippen molar-refractivity contribution >= 4 is 37.3 Å². The summed E-state index contributed by atoms with van der Waals surface area (Å²) in [6.07, 6.45) is 0.822. The average Bonchev–Trinajstić information content (AvgIpc) is 2.55. The number of sulfonamides is 1. The summed E-state index contributed by atoms with van der Waals surface area (Å²) in [5.74, 6) is 0. The lowest BCUT2D eigenvalue weighted by molar-refractivity contribution is 0.355. The first-order valence-electron chi connectivity index (χ1n) is 5.58. The number of hydrogen-bond donors (Lipinski definition) is 0. The van der Waals surface area contributed by atoms with Crippen LogP contribution in [0, 0.1) is 6.92 Å². The van der Waals surface area contributed by atoms with Gasteiger partial charge in [-0.2, -0.15) is 4.31 Å². The fourth-order valence-electron chi connectivity index (χ4n) is 1.55. The lowest BCUT2D eigenvalue weighted by Crippen LogP contribution is -2.37. The average molecular weight is 340 g/mol. The molecule has 1 rings (SSSR count). The molecule has 0 bridgehead atoms. The molecule has 0 aromatic carbocycles. The Hall–Kier alpha value is 0.0900. The molecule has 1 aromatic rings. The highest BCUT2D eigenvalue weighted by molar-refractivity contribution is 9.11. The number of hydrogen-bond acceptors (Lipinski definition) is 3. The molecular formula is C11H18BrNO2S2. The monoisotopic (exact) mass is 339 g/mol. The Morgan fingerprint density at radius 2 is 2.06 bits per heavy atom. The van der Waals surface area contributed by atoms with Gasteiger partial charge in [-0.3, -0.25) is 0 Å². The lowest BCUT2D eigenvalue weighted by atomic mass is 10.4. The Labute approximate surface area is 116 Å². The van der Waals surface area contributed by atoms with Crippen molar-refractivity contribution in [3.05, 3.63) is 15.4 Å². The Morgan fingerprint density at radius 3 is 2.41 bits per heavy atom. The van der Waals surface area contributed by atoms with Gasteiger partial charge in [-0.05, 0) is 54.8 Å². The van der Waals surface area contributed by atoms with Crippen LogP contribution in [0.3, 0.4) is 0 Å². The number of thiophene rings is 1. The van der Waals surface area contributed by atoms with Crippen LogP contribution in [0.2, 0.25) is 0 Å². The van der Waals surface area contributed by atoms with Gasteiger partial charge < -0.3 is 0 Å². The molecule has 98 valence electrons. The number of halogens is 1. The Morgan fingerprint density at radius 1 is 1.47 bits per heavy atom. The van der Waals surface area contributed by atoms with Crippen molar-refractivity contribution in [2.45, 2.75) is 44.4 Å². The van der Waals surface area contributed by atoms with Gasteiger partial charge in [-0.1, -0.05) is 6.92 Å². The molecule has 0 atom stereocenters. The zero-order chi connectivity index (χ0) is 13.2. The summed E-state index contributed by atoms with van der Waals surface area (Å²) >= 11 is 4.65. The number of aryl methyl sites for hydroxylation is 1. The molecule has 0 fully saturated rings. The molecule has 0 aliphatic rings. The Kier molecular flexibility index (Phi) is 5.19. The van der Waals surface area contributed by atoms with Gasteiger partial charge in [0.15, 0.2) is 0 Å². The van der Waals surface area contributed by atoms with E-state index in [0.29, 0.717) is 10.8 Å². The van der Waals surface area contributed by atoms with Gasteiger partial charge in [0.2, 0.25) is 0 Å². The van der Waals surface area contributed by atoms with Crippen molar-refractivity contribution in [2.24, 2.45) is 0 Å². The van der Waals surface area contributed by atoms with Crippen LogP contribution in [0.5, 0.6) is 0 Å². The summed E-state index contributed by atoms with van der Waals surface area (Å²) in [6, 6.07) is 1.72. The molecule has 0 saturated heterocycles. The molecule has 6 heteroatoms. The summed E-state index contributed by atoms with van der Waals surface area (Å²) in [4.78, 5) is 0. The molecule has 0 N–H and O–H groups in total. The molecule has 0 spiro atoms. The molecule has 1 heterocycles. The van der Waals surface area contributed by atoms with Crippen LogP contribution in [-0.4, -0.2) is 25.3 Å². The van der Waals surface area contributed by atoms with E-state index in [1.54, 1.807) is 10.4 Å². The maximum atomic E-state index is 12.4. The normalized spacial score (nSPS) is 12.6. The molecule has 0 saturated carbocycles. The molecule has 0 unspecified atom stereocenters. The van der Waals surface area contributed by atoms with Gasteiger partial charge in [0.25, 0.3) is 10.0 Å². The lowest BCUT2D eigenvalue weighted by Gasteiger charge is -2.24. The summed E-state index contributed by atoms with van der Waals surface area (Å²) < 4.78 is 27.8. The van der Waals surface area contributed by atoms with Gasteiger partial charge in [-0.25, -0.2) is 8.42 Å². The molecule has 0 amide bonds. The minimum Gasteiger partial charge on any atom is -0.206 e. The minimum atomic E-state index is -3.34. The molecule has 17 heavy (non-hydrogen) atoms. The summed E-state index contributed by atoms with van der Waals surface area (Å²) in [5.41, 5.74) is 0.966. The van der Waals surface area contributed by atoms with Crippen LogP contribution in [-0.2, 0) is 10.0 Å². The van der Waals surface area contributed by atoms with Gasteiger partial charge in [-0.15, -0.1) is 11.3 Å². The third kappa shape index (κ3) is 3.30. The van der Waals surface area contributed by atoms with Crippen LogP contribution in [0.25, 0.3) is 0 Å². The second kappa shape index (κ2) is 5.82. The highest BCUT2D eigenvalue weighted by Gasteiger charge is 2.28. The van der Waals surface area contributed by atoms with Crippen LogP contribution in [0.1, 0.15) is 32.8 Å². The van der Waals surface area contributed by atoms with E-state index in [2.05, 4.69) is 15.9 Å². The first-order chi connectivity index (χ1) is 7.80. The molecular weight excluding hydrogens is 322 g/mol. The molecule has 0 radical (unpaired) electrons. The van der Waals surface area contributed by atoms with Gasteiger partial charge in [0.1, 0.15) is 4.21 Å². The second-order valence-electron chi connectivity index (χ2n) is 4.23. The summed E-state index contributed by atoms with van der Waals surface area (Å²) in [6.45, 7) is 8.26. The standard InChI is InChI=1S/C11H18BrNO2S2/c1-5-6-13(8(2)3)17(14,15)10-7-9(4)11(12)16-10/h7-8H,5-6H2,1-4H3. The zero-order valence-corrected chi connectivity index (χ0v) is 13.7. The van der Waals surface area contributed by atoms with Crippen molar-refractivity contribution in [3.8, 4) is 0 Å². The summed E-state index contributed by atoms with van der Waals surface area (Å²) in [5, 5.41) is 0. The van der Waals surface area contributed by atoms with Crippen LogP contribution in [0.15, 0.2) is 14.1 Å². The highest BCUT2D eigenvalue weighted by Crippen LogP contribution is 2.32. The Balaban J connectivity index is 3.16. The van der Waals surface area contributed by atoms with E-state index in [0.717, 1.165) is 15.8 Å². The van der Waals surface area contributed by atoms with E-state index in [9.17, 15) is 8.42 Å². The third-order valence-corrected chi connectivity index (χ3v) is 7.08. The Bertz CT molecular complexity index is 460. The van der Waals surface area contributed by atoms with E-state index in [-0.39, 0.29) is 6.04 Å². The van der Waals surface area contributed by atoms with Crippen molar-refractivity contribution in [1.29, 1.82) is 0 Å². The van der Waals surface area contributed by atoms with Gasteiger partial charge in [0.05, 0.1) is 3.79 Å². The van der Waals surface area contributed by atoms with Crippen LogP contribution in [0.4, 0.5) is 0 Å². The first kappa shape index (κ1) is 15.1.